The summed E-state index contributed by atoms with van der Waals surface area (Å²) in [5.74, 6) is 1.34. The zero-order chi connectivity index (χ0) is 30.7. The molecule has 1 N–H and O–H groups in total. The molecule has 3 rings (SSSR count). The van der Waals surface area contributed by atoms with E-state index < -0.39 is 22.5 Å². The molecule has 0 aliphatic carbocycles. The molecule has 0 aliphatic heterocycles. The fourth-order valence-corrected chi connectivity index (χ4v) is 5.21. The Bertz CT molecular complexity index is 1540. The Kier molecular flexibility index (Phi) is 11.0. The topological polar surface area (TPSA) is 134 Å². The highest BCUT2D eigenvalue weighted by molar-refractivity contribution is 7.92. The Morgan fingerprint density at radius 2 is 1.48 bits per heavy atom. The summed E-state index contributed by atoms with van der Waals surface area (Å²) in [5.41, 5.74) is 3.04. The molecule has 224 valence electrons. The largest absolute Gasteiger partial charge is 0.497 e. The second kappa shape index (κ2) is 14.6. The van der Waals surface area contributed by atoms with Crippen LogP contribution in [0.4, 0.5) is 5.69 Å². The van der Waals surface area contributed by atoms with Crippen molar-refractivity contribution in [2.45, 2.75) is 4.90 Å². The van der Waals surface area contributed by atoms with Gasteiger partial charge in [0.05, 0.1) is 52.3 Å². The number of methoxy groups -OCH3 is 5. The van der Waals surface area contributed by atoms with E-state index in [1.54, 1.807) is 30.3 Å². The van der Waals surface area contributed by atoms with Gasteiger partial charge < -0.3 is 28.4 Å². The number of amides is 1. The van der Waals surface area contributed by atoms with E-state index >= 15 is 0 Å². The number of hydrogen-bond acceptors (Lipinski definition) is 10. The number of benzene rings is 3. The Balaban J connectivity index is 1.94. The molecule has 0 saturated carbocycles. The van der Waals surface area contributed by atoms with Crippen molar-refractivity contribution in [3.05, 3.63) is 72.8 Å². The molecule has 0 unspecified atom stereocenters. The predicted molar refractivity (Wildman–Crippen MR) is 158 cm³/mol. The number of anilines is 1. The molecular weight excluding hydrogens is 566 g/mol. The zero-order valence-corrected chi connectivity index (χ0v) is 24.8. The van der Waals surface area contributed by atoms with Crippen molar-refractivity contribution in [2.75, 3.05) is 53.0 Å². The van der Waals surface area contributed by atoms with E-state index in [-0.39, 0.29) is 22.1 Å². The molecule has 0 heterocycles. The lowest BCUT2D eigenvalue weighted by molar-refractivity contribution is -0.119. The molecule has 0 spiro atoms. The van der Waals surface area contributed by atoms with Gasteiger partial charge in [0.15, 0.2) is 23.0 Å². The van der Waals surface area contributed by atoms with Crippen molar-refractivity contribution >= 4 is 27.8 Å². The van der Waals surface area contributed by atoms with Gasteiger partial charge in [0.25, 0.3) is 15.9 Å². The lowest BCUT2D eigenvalue weighted by atomic mass is 10.2. The van der Waals surface area contributed by atoms with Gasteiger partial charge in [0.1, 0.15) is 24.7 Å². The van der Waals surface area contributed by atoms with Crippen LogP contribution in [0.3, 0.4) is 0 Å². The highest BCUT2D eigenvalue weighted by Gasteiger charge is 2.31. The first-order valence-electron chi connectivity index (χ1n) is 12.4. The smallest absolute Gasteiger partial charge is 0.265 e. The summed E-state index contributed by atoms with van der Waals surface area (Å²) in [5, 5.41) is 3.99. The molecule has 0 saturated heterocycles. The van der Waals surface area contributed by atoms with Crippen LogP contribution < -0.4 is 38.2 Å². The third-order valence-electron chi connectivity index (χ3n) is 5.83. The number of ether oxygens (including phenoxy) is 6. The van der Waals surface area contributed by atoms with E-state index in [0.29, 0.717) is 35.2 Å². The Labute approximate surface area is 245 Å². The molecule has 3 aromatic rings. The lowest BCUT2D eigenvalue weighted by Gasteiger charge is -2.26. The van der Waals surface area contributed by atoms with Gasteiger partial charge in [-0.05, 0) is 48.0 Å². The van der Waals surface area contributed by atoms with Crippen molar-refractivity contribution in [2.24, 2.45) is 5.10 Å². The quantitative estimate of drug-likeness (QED) is 0.158. The van der Waals surface area contributed by atoms with Gasteiger partial charge in [-0.1, -0.05) is 12.7 Å². The van der Waals surface area contributed by atoms with Crippen LogP contribution in [0.25, 0.3) is 0 Å². The molecule has 0 aromatic heterocycles. The highest BCUT2D eigenvalue weighted by Crippen LogP contribution is 2.37. The average Bonchev–Trinajstić information content (AvgIpc) is 3.01. The first-order chi connectivity index (χ1) is 20.2. The van der Waals surface area contributed by atoms with Gasteiger partial charge in [-0.15, -0.1) is 0 Å². The molecule has 0 bridgehead atoms. The summed E-state index contributed by atoms with van der Waals surface area (Å²) < 4.78 is 60.9. The minimum Gasteiger partial charge on any atom is -0.497 e. The third kappa shape index (κ3) is 7.43. The molecule has 0 aliphatic rings. The normalized spacial score (nSPS) is 11.0. The fraction of sp³-hybridized carbons (Fsp3) is 0.241. The maximum Gasteiger partial charge on any atom is 0.265 e. The first kappa shape index (κ1) is 31.6. The summed E-state index contributed by atoms with van der Waals surface area (Å²) in [6.07, 6.45) is 3.00. The van der Waals surface area contributed by atoms with E-state index in [4.69, 9.17) is 28.4 Å². The second-order valence-electron chi connectivity index (χ2n) is 8.37. The SMILES string of the molecule is C=CCOc1ccc(/C=N\NC(=O)CN(c2cc(OC)ccc2OC)S(=O)(=O)c2ccc(OC)c(OC)c2)cc1OC. The van der Waals surface area contributed by atoms with Crippen LogP contribution in [0.2, 0.25) is 0 Å². The van der Waals surface area contributed by atoms with Gasteiger partial charge in [-0.2, -0.15) is 5.10 Å². The zero-order valence-electron chi connectivity index (χ0n) is 23.9. The number of nitrogens with zero attached hydrogens (tertiary/aromatic N) is 2. The number of nitrogens with one attached hydrogen (secondary N) is 1. The van der Waals surface area contributed by atoms with Crippen LogP contribution in [0.1, 0.15) is 5.56 Å². The first-order valence-corrected chi connectivity index (χ1v) is 13.9. The molecule has 42 heavy (non-hydrogen) atoms. The standard InChI is InChI=1S/C29H33N3O9S/c1-7-14-41-26-11-8-20(15-27(26)39-5)18-30-31-29(33)19-32(23-16-21(36-2)9-12-24(23)37-3)42(34,35)22-10-13-25(38-4)28(17-22)40-6/h7-13,15-18H,1,14,19H2,2-6H3,(H,31,33)/b30-18-. The van der Waals surface area contributed by atoms with Crippen molar-refractivity contribution < 1.29 is 41.6 Å². The van der Waals surface area contributed by atoms with Crippen LogP contribution in [0.5, 0.6) is 34.5 Å². The molecule has 0 fully saturated rings. The highest BCUT2D eigenvalue weighted by atomic mass is 32.2. The predicted octanol–water partition coefficient (Wildman–Crippen LogP) is 3.64. The van der Waals surface area contributed by atoms with E-state index in [9.17, 15) is 13.2 Å². The minimum absolute atomic E-state index is 0.0746. The Hall–Kier alpha value is -4.91. The second-order valence-corrected chi connectivity index (χ2v) is 10.2. The Morgan fingerprint density at radius 3 is 2.12 bits per heavy atom. The average molecular weight is 600 g/mol. The van der Waals surface area contributed by atoms with Crippen molar-refractivity contribution in [3.8, 4) is 34.5 Å². The van der Waals surface area contributed by atoms with Crippen molar-refractivity contribution in [1.29, 1.82) is 0 Å². The number of carbonyl (C=O) groups is 1. The van der Waals surface area contributed by atoms with Gasteiger partial charge in [0.2, 0.25) is 0 Å². The van der Waals surface area contributed by atoms with E-state index in [1.165, 1.54) is 72.1 Å². The molecule has 13 heteroatoms. The summed E-state index contributed by atoms with van der Waals surface area (Å²) >= 11 is 0. The summed E-state index contributed by atoms with van der Waals surface area (Å²) in [4.78, 5) is 12.9. The minimum atomic E-state index is -4.35. The molecular formula is C29H33N3O9S. The number of hydrogen-bond donors (Lipinski definition) is 1. The summed E-state index contributed by atoms with van der Waals surface area (Å²) in [7, 11) is 2.80. The van der Waals surface area contributed by atoms with Gasteiger partial charge in [-0.25, -0.2) is 13.8 Å². The summed E-state index contributed by atoms with van der Waals surface area (Å²) in [6, 6.07) is 13.8. The van der Waals surface area contributed by atoms with Gasteiger partial charge in [0, 0.05) is 12.1 Å². The van der Waals surface area contributed by atoms with Crippen LogP contribution >= 0.6 is 0 Å². The van der Waals surface area contributed by atoms with E-state index in [0.717, 1.165) is 4.31 Å². The molecule has 0 atom stereocenters. The fourth-order valence-electron chi connectivity index (χ4n) is 3.77. The maximum absolute atomic E-state index is 14.0. The maximum atomic E-state index is 14.0. The van der Waals surface area contributed by atoms with E-state index in [1.807, 2.05) is 0 Å². The van der Waals surface area contributed by atoms with Crippen molar-refractivity contribution in [1.82, 2.24) is 5.43 Å². The number of carbonyl (C=O) groups excluding carboxylic acids is 1. The number of sulfonamides is 1. The number of hydrazone groups is 1. The molecule has 0 radical (unpaired) electrons. The van der Waals surface area contributed by atoms with Crippen LogP contribution in [-0.4, -0.2) is 69.2 Å². The lowest BCUT2D eigenvalue weighted by Crippen LogP contribution is -2.39. The van der Waals surface area contributed by atoms with Gasteiger partial charge in [-0.3, -0.25) is 9.10 Å². The van der Waals surface area contributed by atoms with Crippen LogP contribution in [0.15, 0.2) is 77.2 Å². The third-order valence-corrected chi connectivity index (χ3v) is 7.59. The van der Waals surface area contributed by atoms with Crippen molar-refractivity contribution in [3.63, 3.8) is 0 Å². The van der Waals surface area contributed by atoms with Crippen LogP contribution in [0, 0.1) is 0 Å². The monoisotopic (exact) mass is 599 g/mol. The molecule has 12 nitrogen and oxygen atoms in total. The molecule has 1 amide bonds. The van der Waals surface area contributed by atoms with E-state index in [2.05, 4.69) is 17.1 Å². The Morgan fingerprint density at radius 1 is 0.833 bits per heavy atom. The summed E-state index contributed by atoms with van der Waals surface area (Å²) in [6.45, 7) is 3.28. The van der Waals surface area contributed by atoms with Gasteiger partial charge >= 0.3 is 0 Å². The van der Waals surface area contributed by atoms with Crippen LogP contribution in [-0.2, 0) is 14.8 Å². The number of rotatable bonds is 15. The molecule has 3 aromatic carbocycles.